The first-order valence-electron chi connectivity index (χ1n) is 11.0. The lowest BCUT2D eigenvalue weighted by molar-refractivity contribution is 0.386. The Kier molecular flexibility index (Phi) is 9.13. The van der Waals surface area contributed by atoms with Gasteiger partial charge in [0, 0.05) is 5.56 Å². The number of rotatable bonds is 8. The van der Waals surface area contributed by atoms with E-state index < -0.39 is 10.4 Å². The minimum absolute atomic E-state index is 0. The molecule has 0 aromatic heterocycles. The van der Waals surface area contributed by atoms with Gasteiger partial charge in [0.05, 0.1) is 0 Å². The van der Waals surface area contributed by atoms with E-state index in [4.69, 9.17) is 4.18 Å². The lowest BCUT2D eigenvalue weighted by Gasteiger charge is -2.12. The van der Waals surface area contributed by atoms with Crippen LogP contribution >= 0.6 is 0 Å². The molecule has 6 heteroatoms. The molecule has 0 aliphatic rings. The van der Waals surface area contributed by atoms with E-state index in [1.54, 1.807) is 18.2 Å². The molecule has 0 saturated carbocycles. The van der Waals surface area contributed by atoms with Crippen molar-refractivity contribution in [2.45, 2.75) is 0 Å². The molecule has 4 aromatic carbocycles. The number of benzene rings is 4. The van der Waals surface area contributed by atoms with Crippen LogP contribution in [-0.4, -0.2) is 13.0 Å². The summed E-state index contributed by atoms with van der Waals surface area (Å²) in [6, 6.07) is 32.7. The fourth-order valence-corrected chi connectivity index (χ4v) is 3.93. The molecule has 0 amide bonds. The minimum Gasteiger partial charge on any atom is -0.361 e. The summed E-state index contributed by atoms with van der Waals surface area (Å²) in [7, 11) is -4.71. The molecule has 0 heterocycles. The van der Waals surface area contributed by atoms with Crippen molar-refractivity contribution in [1.82, 2.24) is 6.15 Å². The zero-order valence-corrected chi connectivity index (χ0v) is 20.4. The molecule has 182 valence electrons. The van der Waals surface area contributed by atoms with Crippen molar-refractivity contribution in [2.75, 3.05) is 0 Å². The van der Waals surface area contributed by atoms with Crippen LogP contribution in [0.5, 0.6) is 5.75 Å². The topological polar surface area (TPSA) is 98.6 Å². The minimum atomic E-state index is -4.71. The summed E-state index contributed by atoms with van der Waals surface area (Å²) in [6.07, 6.45) is 11.5. The third kappa shape index (κ3) is 7.65. The van der Waals surface area contributed by atoms with E-state index in [1.165, 1.54) is 0 Å². The highest BCUT2D eigenvalue weighted by atomic mass is 32.3. The Morgan fingerprint density at radius 2 is 0.944 bits per heavy atom. The third-order valence-electron chi connectivity index (χ3n) is 5.21. The Morgan fingerprint density at radius 3 is 1.39 bits per heavy atom. The summed E-state index contributed by atoms with van der Waals surface area (Å²) < 4.78 is 37.5. The second-order valence-electron chi connectivity index (χ2n) is 7.72. The van der Waals surface area contributed by atoms with Crippen LogP contribution in [0.3, 0.4) is 0 Å². The average Bonchev–Trinajstić information content (AvgIpc) is 2.87. The van der Waals surface area contributed by atoms with Crippen LogP contribution < -0.4 is 10.3 Å². The van der Waals surface area contributed by atoms with Crippen LogP contribution in [0.4, 0.5) is 0 Å². The lowest BCUT2D eigenvalue weighted by Crippen LogP contribution is -2.08. The van der Waals surface area contributed by atoms with Gasteiger partial charge in [0.2, 0.25) is 0 Å². The normalized spacial score (nSPS) is 11.7. The van der Waals surface area contributed by atoms with Crippen LogP contribution in [0.15, 0.2) is 103 Å². The van der Waals surface area contributed by atoms with Gasteiger partial charge in [-0.1, -0.05) is 127 Å². The predicted octanol–water partition coefficient (Wildman–Crippen LogP) is 7.54. The molecule has 0 saturated heterocycles. The molecule has 4 N–H and O–H groups in total. The van der Waals surface area contributed by atoms with Crippen LogP contribution in [0.25, 0.3) is 36.5 Å². The van der Waals surface area contributed by atoms with E-state index >= 15 is 0 Å². The fourth-order valence-electron chi connectivity index (χ4n) is 3.56. The van der Waals surface area contributed by atoms with E-state index in [9.17, 15) is 13.0 Å². The van der Waals surface area contributed by atoms with Gasteiger partial charge in [-0.05, 0) is 40.0 Å². The summed E-state index contributed by atoms with van der Waals surface area (Å²) in [5.74, 6) is 0.0317. The number of hydrogen-bond acceptors (Lipinski definition) is 4. The Morgan fingerprint density at radius 1 is 0.528 bits per heavy atom. The van der Waals surface area contributed by atoms with Gasteiger partial charge in [-0.25, -0.2) is 0 Å². The van der Waals surface area contributed by atoms with Crippen molar-refractivity contribution in [3.63, 3.8) is 0 Å². The van der Waals surface area contributed by atoms with E-state index in [2.05, 4.69) is 0 Å². The van der Waals surface area contributed by atoms with Gasteiger partial charge < -0.3 is 10.3 Å². The maximum Gasteiger partial charge on any atom is 0.446 e. The van der Waals surface area contributed by atoms with Crippen LogP contribution in [-0.2, 0) is 10.4 Å². The fraction of sp³-hybridized carbons (Fsp3) is 0. The summed E-state index contributed by atoms with van der Waals surface area (Å²) in [4.78, 5) is 0. The standard InChI is InChI=1S/C30H24O4S.H3N/c31-35(32,33)34-30-23-20-27(19-16-24-10-4-1-5-11-24)28(21-17-25-12-6-2-7-13-25)29(30)22-18-26-14-8-3-9-15-26;/h1-23H,(H,31,32,33);1H3/b19-16+,21-17+,22-18+;. The molecule has 0 bridgehead atoms. The highest BCUT2D eigenvalue weighted by Gasteiger charge is 2.15. The van der Waals surface area contributed by atoms with Gasteiger partial charge in [0.15, 0.2) is 5.75 Å². The summed E-state index contributed by atoms with van der Waals surface area (Å²) >= 11 is 0. The first-order chi connectivity index (χ1) is 17.0. The third-order valence-corrected chi connectivity index (χ3v) is 5.61. The highest BCUT2D eigenvalue weighted by Crippen LogP contribution is 2.32. The molecule has 0 spiro atoms. The monoisotopic (exact) mass is 497 g/mol. The molecule has 0 atom stereocenters. The van der Waals surface area contributed by atoms with Crippen molar-refractivity contribution in [3.8, 4) is 5.75 Å². The highest BCUT2D eigenvalue weighted by molar-refractivity contribution is 7.81. The average molecular weight is 498 g/mol. The maximum absolute atomic E-state index is 11.6. The van der Waals surface area contributed by atoms with Crippen molar-refractivity contribution in [3.05, 3.63) is 137 Å². The van der Waals surface area contributed by atoms with Crippen LogP contribution in [0.1, 0.15) is 33.4 Å². The quantitative estimate of drug-likeness (QED) is 0.193. The smallest absolute Gasteiger partial charge is 0.361 e. The molecule has 36 heavy (non-hydrogen) atoms. The summed E-state index contributed by atoms with van der Waals surface area (Å²) in [6.45, 7) is 0. The molecule has 4 aromatic rings. The number of hydrogen-bond donors (Lipinski definition) is 2. The van der Waals surface area contributed by atoms with Gasteiger partial charge in [0.25, 0.3) is 0 Å². The van der Waals surface area contributed by atoms with E-state index in [-0.39, 0.29) is 11.9 Å². The van der Waals surface area contributed by atoms with Gasteiger partial charge in [-0.15, -0.1) is 0 Å². The molecule has 5 nitrogen and oxygen atoms in total. The Balaban J connectivity index is 0.00000361. The van der Waals surface area contributed by atoms with Gasteiger partial charge in [-0.2, -0.15) is 8.42 Å². The molecule has 0 unspecified atom stereocenters. The Labute approximate surface area is 212 Å². The van der Waals surface area contributed by atoms with Gasteiger partial charge in [0.1, 0.15) is 0 Å². The lowest BCUT2D eigenvalue weighted by atomic mass is 9.96. The van der Waals surface area contributed by atoms with Crippen molar-refractivity contribution in [1.29, 1.82) is 0 Å². The molecular weight excluding hydrogens is 470 g/mol. The maximum atomic E-state index is 11.6. The van der Waals surface area contributed by atoms with E-state index in [1.807, 2.05) is 121 Å². The zero-order valence-electron chi connectivity index (χ0n) is 19.6. The second-order valence-corrected chi connectivity index (χ2v) is 8.75. The van der Waals surface area contributed by atoms with Gasteiger partial charge >= 0.3 is 10.4 Å². The summed E-state index contributed by atoms with van der Waals surface area (Å²) in [5, 5.41) is 0. The Hall–Kier alpha value is -4.23. The van der Waals surface area contributed by atoms with Crippen LogP contribution in [0, 0.1) is 0 Å². The van der Waals surface area contributed by atoms with Crippen molar-refractivity contribution in [2.24, 2.45) is 0 Å². The predicted molar refractivity (Wildman–Crippen MR) is 150 cm³/mol. The molecule has 0 aliphatic heterocycles. The zero-order chi connectivity index (χ0) is 24.5. The van der Waals surface area contributed by atoms with Crippen LogP contribution in [0.2, 0.25) is 0 Å². The SMILES string of the molecule is N.O=S(=O)(O)Oc1ccc(/C=C/c2ccccc2)c(/C=C/c2ccccc2)c1/C=C/c1ccccc1. The second kappa shape index (κ2) is 12.5. The van der Waals surface area contributed by atoms with Crippen molar-refractivity contribution < 1.29 is 17.2 Å². The summed E-state index contributed by atoms with van der Waals surface area (Å²) in [5.41, 5.74) is 5.09. The molecule has 4 rings (SSSR count). The van der Waals surface area contributed by atoms with E-state index in [0.717, 1.165) is 27.8 Å². The van der Waals surface area contributed by atoms with Crippen molar-refractivity contribution >= 4 is 46.9 Å². The first-order valence-corrected chi connectivity index (χ1v) is 12.4. The molecule has 0 radical (unpaired) electrons. The van der Waals surface area contributed by atoms with Gasteiger partial charge in [-0.3, -0.25) is 4.55 Å². The van der Waals surface area contributed by atoms with E-state index in [0.29, 0.717) is 5.56 Å². The Bertz CT molecular complexity index is 1460. The molecule has 0 fully saturated rings. The first kappa shape index (κ1) is 26.4. The molecule has 0 aliphatic carbocycles. The molecular formula is C30H27NO4S. The largest absolute Gasteiger partial charge is 0.446 e.